The molecule has 0 bridgehead atoms. The van der Waals surface area contributed by atoms with Crippen LogP contribution in [-0.2, 0) is 6.61 Å². The second-order valence-corrected chi connectivity index (χ2v) is 5.58. The number of hydrogen-bond acceptors (Lipinski definition) is 4. The molecule has 1 unspecified atom stereocenters. The van der Waals surface area contributed by atoms with E-state index in [4.69, 9.17) is 27.9 Å². The highest BCUT2D eigenvalue weighted by atomic mass is 35.5. The average molecular weight is 289 g/mol. The molecule has 90 valence electrons. The maximum atomic E-state index is 5.90. The monoisotopic (exact) mass is 288 g/mol. The van der Waals surface area contributed by atoms with Crippen molar-refractivity contribution in [2.24, 2.45) is 0 Å². The van der Waals surface area contributed by atoms with Crippen LogP contribution in [0.2, 0.25) is 5.02 Å². The van der Waals surface area contributed by atoms with Crippen LogP contribution in [-0.4, -0.2) is 10.2 Å². The summed E-state index contributed by atoms with van der Waals surface area (Å²) in [5.74, 6) is 0.755. The van der Waals surface area contributed by atoms with Crippen LogP contribution in [0.3, 0.4) is 0 Å². The molecule has 2 rings (SSSR count). The first kappa shape index (κ1) is 12.6. The van der Waals surface area contributed by atoms with Crippen molar-refractivity contribution < 1.29 is 4.74 Å². The van der Waals surface area contributed by atoms with Crippen molar-refractivity contribution in [3.63, 3.8) is 0 Å². The second-order valence-electron chi connectivity index (χ2n) is 3.39. The number of alkyl halides is 1. The zero-order valence-corrected chi connectivity index (χ0v) is 11.4. The van der Waals surface area contributed by atoms with E-state index in [0.29, 0.717) is 11.6 Å². The summed E-state index contributed by atoms with van der Waals surface area (Å²) >= 11 is 13.1. The zero-order valence-electron chi connectivity index (χ0n) is 9.06. The number of aromatic nitrogens is 2. The van der Waals surface area contributed by atoms with Gasteiger partial charge >= 0.3 is 0 Å². The van der Waals surface area contributed by atoms with Crippen LogP contribution in [0.1, 0.15) is 22.3 Å². The second kappa shape index (κ2) is 5.67. The fourth-order valence-corrected chi connectivity index (χ4v) is 2.15. The van der Waals surface area contributed by atoms with Crippen LogP contribution in [0.25, 0.3) is 0 Å². The third-order valence-electron chi connectivity index (χ3n) is 2.00. The molecule has 17 heavy (non-hydrogen) atoms. The lowest BCUT2D eigenvalue weighted by Crippen LogP contribution is -1.94. The normalized spacial score (nSPS) is 12.4. The summed E-state index contributed by atoms with van der Waals surface area (Å²) < 4.78 is 5.55. The first-order chi connectivity index (χ1) is 8.15. The van der Waals surface area contributed by atoms with E-state index in [1.54, 1.807) is 12.1 Å². The standard InChI is InChI=1S/C11H10Cl2N2OS/c1-7(12)11-15-14-10(17-11)6-16-9-4-2-8(13)3-5-9/h2-5,7H,6H2,1H3. The van der Waals surface area contributed by atoms with Gasteiger partial charge in [-0.3, -0.25) is 0 Å². The van der Waals surface area contributed by atoms with Crippen molar-refractivity contribution >= 4 is 34.5 Å². The van der Waals surface area contributed by atoms with E-state index in [0.717, 1.165) is 15.8 Å². The summed E-state index contributed by atoms with van der Waals surface area (Å²) in [6, 6.07) is 7.19. The van der Waals surface area contributed by atoms with E-state index in [-0.39, 0.29) is 5.38 Å². The molecule has 1 aromatic carbocycles. The van der Waals surface area contributed by atoms with Crippen LogP contribution in [0, 0.1) is 0 Å². The molecule has 0 amide bonds. The van der Waals surface area contributed by atoms with Gasteiger partial charge in [-0.05, 0) is 31.2 Å². The Balaban J connectivity index is 1.95. The van der Waals surface area contributed by atoms with Crippen molar-refractivity contribution in [3.05, 3.63) is 39.3 Å². The van der Waals surface area contributed by atoms with E-state index in [9.17, 15) is 0 Å². The maximum absolute atomic E-state index is 5.90. The molecule has 2 aromatic rings. The Kier molecular flexibility index (Phi) is 4.20. The summed E-state index contributed by atoms with van der Waals surface area (Å²) in [5, 5.41) is 10.2. The van der Waals surface area contributed by atoms with E-state index in [1.165, 1.54) is 11.3 Å². The highest BCUT2D eigenvalue weighted by Crippen LogP contribution is 2.24. The van der Waals surface area contributed by atoms with Gasteiger partial charge in [0.25, 0.3) is 0 Å². The number of benzene rings is 1. The molecule has 0 aliphatic rings. The molecule has 0 aliphatic carbocycles. The highest BCUT2D eigenvalue weighted by Gasteiger charge is 2.09. The van der Waals surface area contributed by atoms with Gasteiger partial charge in [-0.1, -0.05) is 22.9 Å². The fourth-order valence-electron chi connectivity index (χ4n) is 1.16. The number of nitrogens with zero attached hydrogens (tertiary/aromatic N) is 2. The molecule has 1 atom stereocenters. The predicted octanol–water partition coefficient (Wildman–Crippen LogP) is 4.07. The van der Waals surface area contributed by atoms with Gasteiger partial charge in [-0.2, -0.15) is 0 Å². The summed E-state index contributed by atoms with van der Waals surface area (Å²) in [4.78, 5) is 0. The van der Waals surface area contributed by atoms with Crippen LogP contribution < -0.4 is 4.74 Å². The van der Waals surface area contributed by atoms with Gasteiger partial charge in [-0.25, -0.2) is 0 Å². The largest absolute Gasteiger partial charge is 0.486 e. The Bertz CT molecular complexity index is 484. The minimum atomic E-state index is -0.114. The molecule has 0 saturated heterocycles. The molecular weight excluding hydrogens is 279 g/mol. The molecule has 1 heterocycles. The molecule has 0 spiro atoms. The lowest BCUT2D eigenvalue weighted by atomic mass is 10.3. The number of ether oxygens (including phenoxy) is 1. The van der Waals surface area contributed by atoms with Gasteiger partial charge in [0, 0.05) is 5.02 Å². The minimum Gasteiger partial charge on any atom is -0.486 e. The molecule has 0 radical (unpaired) electrons. The SMILES string of the molecule is CC(Cl)c1nnc(COc2ccc(Cl)cc2)s1. The maximum Gasteiger partial charge on any atom is 0.155 e. The summed E-state index contributed by atoms with van der Waals surface area (Å²) in [7, 11) is 0. The minimum absolute atomic E-state index is 0.114. The van der Waals surface area contributed by atoms with Gasteiger partial charge in [0.05, 0.1) is 5.38 Å². The number of rotatable bonds is 4. The summed E-state index contributed by atoms with van der Waals surface area (Å²) in [5.41, 5.74) is 0. The Morgan fingerprint density at radius 2 is 2.00 bits per heavy atom. The molecule has 6 heteroatoms. The average Bonchev–Trinajstić information content (AvgIpc) is 2.77. The molecule has 0 aliphatic heterocycles. The van der Waals surface area contributed by atoms with Gasteiger partial charge in [0.1, 0.15) is 17.4 Å². The van der Waals surface area contributed by atoms with E-state index < -0.39 is 0 Å². The summed E-state index contributed by atoms with van der Waals surface area (Å²) in [6.07, 6.45) is 0. The van der Waals surface area contributed by atoms with Crippen LogP contribution in [0.15, 0.2) is 24.3 Å². The Morgan fingerprint density at radius 1 is 1.29 bits per heavy atom. The number of hydrogen-bond donors (Lipinski definition) is 0. The van der Waals surface area contributed by atoms with E-state index in [1.807, 2.05) is 19.1 Å². The molecular formula is C11H10Cl2N2OS. The first-order valence-electron chi connectivity index (χ1n) is 5.00. The molecule has 0 N–H and O–H groups in total. The first-order valence-corrected chi connectivity index (χ1v) is 6.63. The van der Waals surface area contributed by atoms with Crippen LogP contribution in [0.5, 0.6) is 5.75 Å². The number of halogens is 2. The van der Waals surface area contributed by atoms with Gasteiger partial charge in [0.15, 0.2) is 5.01 Å². The lowest BCUT2D eigenvalue weighted by Gasteiger charge is -2.02. The Labute approximate surface area is 113 Å². The van der Waals surface area contributed by atoms with E-state index in [2.05, 4.69) is 10.2 Å². The van der Waals surface area contributed by atoms with Crippen molar-refractivity contribution in [3.8, 4) is 5.75 Å². The molecule has 1 aromatic heterocycles. The van der Waals surface area contributed by atoms with Crippen molar-refractivity contribution in [2.75, 3.05) is 0 Å². The lowest BCUT2D eigenvalue weighted by molar-refractivity contribution is 0.304. The highest BCUT2D eigenvalue weighted by molar-refractivity contribution is 7.11. The van der Waals surface area contributed by atoms with E-state index >= 15 is 0 Å². The van der Waals surface area contributed by atoms with Crippen molar-refractivity contribution in [2.45, 2.75) is 18.9 Å². The smallest absolute Gasteiger partial charge is 0.155 e. The van der Waals surface area contributed by atoms with Crippen LogP contribution in [0.4, 0.5) is 0 Å². The van der Waals surface area contributed by atoms with Crippen LogP contribution >= 0.6 is 34.5 Å². The molecule has 0 fully saturated rings. The van der Waals surface area contributed by atoms with Crippen molar-refractivity contribution in [1.29, 1.82) is 0 Å². The third-order valence-corrected chi connectivity index (χ3v) is 3.67. The van der Waals surface area contributed by atoms with Gasteiger partial charge in [0.2, 0.25) is 0 Å². The molecule has 3 nitrogen and oxygen atoms in total. The predicted molar refractivity (Wildman–Crippen MR) is 70.0 cm³/mol. The zero-order chi connectivity index (χ0) is 12.3. The summed E-state index contributed by atoms with van der Waals surface area (Å²) in [6.45, 7) is 2.26. The fraction of sp³-hybridized carbons (Fsp3) is 0.273. The molecule has 0 saturated carbocycles. The third kappa shape index (κ3) is 3.56. The Morgan fingerprint density at radius 3 is 2.59 bits per heavy atom. The Hall–Kier alpha value is -0.840. The van der Waals surface area contributed by atoms with Gasteiger partial charge in [-0.15, -0.1) is 21.8 Å². The quantitative estimate of drug-likeness (QED) is 0.796. The topological polar surface area (TPSA) is 35.0 Å². The van der Waals surface area contributed by atoms with Crippen molar-refractivity contribution in [1.82, 2.24) is 10.2 Å². The van der Waals surface area contributed by atoms with Gasteiger partial charge < -0.3 is 4.74 Å².